The van der Waals surface area contributed by atoms with E-state index >= 15 is 0 Å². The van der Waals surface area contributed by atoms with Crippen molar-refractivity contribution in [2.45, 2.75) is 40.2 Å². The van der Waals surface area contributed by atoms with E-state index in [4.69, 9.17) is 0 Å². The number of nitrogens with one attached hydrogen (secondary N) is 2. The first-order valence-electron chi connectivity index (χ1n) is 6.69. The summed E-state index contributed by atoms with van der Waals surface area (Å²) in [6.45, 7) is 8.25. The predicted octanol–water partition coefficient (Wildman–Crippen LogP) is 3.68. The van der Waals surface area contributed by atoms with Gasteiger partial charge in [-0.1, -0.05) is 35.8 Å². The van der Waals surface area contributed by atoms with Crippen LogP contribution in [0.1, 0.15) is 32.8 Å². The minimum atomic E-state index is -0.373. The number of rotatable bonds is 5. The molecule has 0 aliphatic rings. The normalized spacial score (nSPS) is 12.9. The van der Waals surface area contributed by atoms with Gasteiger partial charge >= 0.3 is 6.03 Å². The molecule has 0 aliphatic heterocycles. The molecule has 4 nitrogen and oxygen atoms in total. The molecule has 0 saturated carbocycles. The first-order valence-corrected chi connectivity index (χ1v) is 7.48. The first kappa shape index (κ1) is 17.0. The monoisotopic (exact) mass is 342 g/mol. The zero-order valence-electron chi connectivity index (χ0n) is 12.5. The van der Waals surface area contributed by atoms with Gasteiger partial charge in [-0.25, -0.2) is 4.79 Å². The second kappa shape index (κ2) is 7.09. The van der Waals surface area contributed by atoms with E-state index in [0.29, 0.717) is 13.0 Å². The number of hydrogen-bond acceptors (Lipinski definition) is 2. The largest absolute Gasteiger partial charge is 0.393 e. The molecule has 0 saturated heterocycles. The van der Waals surface area contributed by atoms with Crippen molar-refractivity contribution >= 4 is 27.6 Å². The van der Waals surface area contributed by atoms with Gasteiger partial charge in [0.1, 0.15) is 0 Å². The number of carbonyl (C=O) groups is 1. The van der Waals surface area contributed by atoms with Crippen LogP contribution in [0.5, 0.6) is 0 Å². The molecule has 0 bridgehead atoms. The van der Waals surface area contributed by atoms with Crippen LogP contribution in [-0.4, -0.2) is 23.8 Å². The summed E-state index contributed by atoms with van der Waals surface area (Å²) in [4.78, 5) is 11.9. The van der Waals surface area contributed by atoms with Crippen molar-refractivity contribution < 1.29 is 9.90 Å². The van der Waals surface area contributed by atoms with E-state index in [1.807, 2.05) is 39.0 Å². The minimum Gasteiger partial charge on any atom is -0.393 e. The van der Waals surface area contributed by atoms with Crippen LogP contribution < -0.4 is 10.6 Å². The Labute approximate surface area is 129 Å². The smallest absolute Gasteiger partial charge is 0.319 e. The number of benzene rings is 1. The summed E-state index contributed by atoms with van der Waals surface area (Å²) in [6.07, 6.45) is 0.269. The molecule has 0 aliphatic carbocycles. The van der Waals surface area contributed by atoms with Crippen LogP contribution in [0, 0.1) is 12.3 Å². The maximum Gasteiger partial charge on any atom is 0.319 e. The van der Waals surface area contributed by atoms with E-state index < -0.39 is 0 Å². The molecule has 2 amide bonds. The van der Waals surface area contributed by atoms with Crippen LogP contribution in [0.2, 0.25) is 0 Å². The average molecular weight is 343 g/mol. The van der Waals surface area contributed by atoms with Gasteiger partial charge in [0.2, 0.25) is 0 Å². The molecule has 1 atom stereocenters. The Morgan fingerprint density at radius 3 is 2.70 bits per heavy atom. The van der Waals surface area contributed by atoms with Crippen molar-refractivity contribution in [1.29, 1.82) is 0 Å². The summed E-state index contributed by atoms with van der Waals surface area (Å²) < 4.78 is 0.963. The van der Waals surface area contributed by atoms with Crippen molar-refractivity contribution in [1.82, 2.24) is 5.32 Å². The second-order valence-corrected chi connectivity index (χ2v) is 6.79. The number of aliphatic hydroxyl groups is 1. The lowest BCUT2D eigenvalue weighted by Crippen LogP contribution is -2.38. The third-order valence-corrected chi connectivity index (χ3v) is 3.95. The van der Waals surface area contributed by atoms with Crippen molar-refractivity contribution in [3.63, 3.8) is 0 Å². The fraction of sp³-hybridized carbons (Fsp3) is 0.533. The van der Waals surface area contributed by atoms with Gasteiger partial charge in [-0.2, -0.15) is 0 Å². The highest BCUT2D eigenvalue weighted by Gasteiger charge is 2.21. The molecule has 3 N–H and O–H groups in total. The Kier molecular flexibility index (Phi) is 6.02. The summed E-state index contributed by atoms with van der Waals surface area (Å²) >= 11 is 3.43. The predicted molar refractivity (Wildman–Crippen MR) is 86.0 cm³/mol. The van der Waals surface area contributed by atoms with Gasteiger partial charge in [0.25, 0.3) is 0 Å². The third kappa shape index (κ3) is 5.51. The lowest BCUT2D eigenvalue weighted by Gasteiger charge is -2.26. The number of amides is 2. The lowest BCUT2D eigenvalue weighted by molar-refractivity contribution is 0.129. The van der Waals surface area contributed by atoms with Crippen molar-refractivity contribution in [3.05, 3.63) is 28.2 Å². The molecule has 0 radical (unpaired) electrons. The Morgan fingerprint density at radius 2 is 2.10 bits per heavy atom. The van der Waals surface area contributed by atoms with E-state index in [9.17, 15) is 9.90 Å². The first-order chi connectivity index (χ1) is 9.21. The number of halogens is 1. The topological polar surface area (TPSA) is 61.4 Å². The Balaban J connectivity index is 2.54. The number of hydrogen-bond donors (Lipinski definition) is 3. The van der Waals surface area contributed by atoms with Crippen LogP contribution in [0.25, 0.3) is 0 Å². The van der Waals surface area contributed by atoms with E-state index in [1.165, 1.54) is 0 Å². The molecule has 20 heavy (non-hydrogen) atoms. The summed E-state index contributed by atoms with van der Waals surface area (Å²) in [5.41, 5.74) is 1.63. The highest BCUT2D eigenvalue weighted by Crippen LogP contribution is 2.24. The third-order valence-electron chi connectivity index (χ3n) is 3.09. The highest BCUT2D eigenvalue weighted by molar-refractivity contribution is 9.10. The van der Waals surface area contributed by atoms with E-state index in [1.54, 1.807) is 6.92 Å². The summed E-state index contributed by atoms with van der Waals surface area (Å²) in [5.74, 6) is 0. The van der Waals surface area contributed by atoms with Gasteiger partial charge in [0, 0.05) is 16.7 Å². The lowest BCUT2D eigenvalue weighted by atomic mass is 9.87. The minimum absolute atomic E-state index is 0.141. The molecule has 0 fully saturated rings. The highest BCUT2D eigenvalue weighted by atomic mass is 79.9. The van der Waals surface area contributed by atoms with Gasteiger partial charge in [-0.15, -0.1) is 0 Å². The quantitative estimate of drug-likeness (QED) is 0.764. The second-order valence-electron chi connectivity index (χ2n) is 5.94. The van der Waals surface area contributed by atoms with Crippen LogP contribution in [-0.2, 0) is 0 Å². The Hall–Kier alpha value is -1.07. The fourth-order valence-electron chi connectivity index (χ4n) is 2.10. The van der Waals surface area contributed by atoms with Crippen molar-refractivity contribution in [2.75, 3.05) is 11.9 Å². The maximum atomic E-state index is 11.9. The number of anilines is 1. The fourth-order valence-corrected chi connectivity index (χ4v) is 2.47. The van der Waals surface area contributed by atoms with E-state index in [2.05, 4.69) is 26.6 Å². The standard InChI is InChI=1S/C15H23BrN2O2/c1-10(19)8-15(3,4)9-17-14(20)18-13-7-5-6-12(16)11(13)2/h5-7,10,19H,8-9H2,1-4H3,(H2,17,18,20). The van der Waals surface area contributed by atoms with Crippen LogP contribution in [0.15, 0.2) is 22.7 Å². The van der Waals surface area contributed by atoms with Crippen molar-refractivity contribution in [2.24, 2.45) is 5.41 Å². The number of urea groups is 1. The molecule has 1 aromatic carbocycles. The van der Waals surface area contributed by atoms with Gasteiger partial charge in [0.05, 0.1) is 6.10 Å². The zero-order chi connectivity index (χ0) is 15.3. The average Bonchev–Trinajstić information content (AvgIpc) is 2.31. The van der Waals surface area contributed by atoms with E-state index in [0.717, 1.165) is 15.7 Å². The number of carbonyl (C=O) groups excluding carboxylic acids is 1. The molecule has 5 heteroatoms. The SMILES string of the molecule is Cc1c(Br)cccc1NC(=O)NCC(C)(C)CC(C)O. The van der Waals surface area contributed by atoms with Crippen LogP contribution in [0.3, 0.4) is 0 Å². The maximum absolute atomic E-state index is 11.9. The molecule has 0 aromatic heterocycles. The summed E-state index contributed by atoms with van der Waals surface area (Å²) in [5, 5.41) is 15.1. The molecular formula is C15H23BrN2O2. The van der Waals surface area contributed by atoms with Gasteiger partial charge in [-0.3, -0.25) is 0 Å². The van der Waals surface area contributed by atoms with Crippen LogP contribution >= 0.6 is 15.9 Å². The van der Waals surface area contributed by atoms with E-state index in [-0.39, 0.29) is 17.6 Å². The van der Waals surface area contributed by atoms with Gasteiger partial charge in [0.15, 0.2) is 0 Å². The molecule has 1 aromatic rings. The summed E-state index contributed by atoms with van der Waals surface area (Å²) in [6, 6.07) is 5.44. The molecule has 1 rings (SSSR count). The van der Waals surface area contributed by atoms with Crippen LogP contribution in [0.4, 0.5) is 10.5 Å². The van der Waals surface area contributed by atoms with Gasteiger partial charge < -0.3 is 15.7 Å². The molecule has 0 heterocycles. The Morgan fingerprint density at radius 1 is 1.45 bits per heavy atom. The molecule has 1 unspecified atom stereocenters. The molecule has 112 valence electrons. The zero-order valence-corrected chi connectivity index (χ0v) is 14.0. The Bertz CT molecular complexity index is 473. The molecular weight excluding hydrogens is 320 g/mol. The summed E-state index contributed by atoms with van der Waals surface area (Å²) in [7, 11) is 0. The molecule has 0 spiro atoms. The van der Waals surface area contributed by atoms with Crippen molar-refractivity contribution in [3.8, 4) is 0 Å². The van der Waals surface area contributed by atoms with Gasteiger partial charge in [-0.05, 0) is 43.4 Å². The number of aliphatic hydroxyl groups excluding tert-OH is 1.